The van der Waals surface area contributed by atoms with Gasteiger partial charge >= 0.3 is 6.09 Å². The molecule has 2 unspecified atom stereocenters. The SMILES string of the molecule is COCCCOc1ccccc1COC1CN(C(=O)OC(C)(C)C)CCC1c1ccc(OCCCOCc2ccccc2OC)cc1. The summed E-state index contributed by atoms with van der Waals surface area (Å²) in [5.41, 5.74) is 2.58. The molecule has 1 amide bonds. The summed E-state index contributed by atoms with van der Waals surface area (Å²) >= 11 is 0. The number of para-hydroxylation sites is 2. The lowest BCUT2D eigenvalue weighted by molar-refractivity contribution is -0.0364. The Balaban J connectivity index is 1.34. The smallest absolute Gasteiger partial charge is 0.410 e. The minimum Gasteiger partial charge on any atom is -0.496 e. The van der Waals surface area contributed by atoms with E-state index in [-0.39, 0.29) is 18.1 Å². The van der Waals surface area contributed by atoms with E-state index in [2.05, 4.69) is 12.1 Å². The first-order valence-corrected chi connectivity index (χ1v) is 16.5. The Kier molecular flexibility index (Phi) is 14.2. The fourth-order valence-corrected chi connectivity index (χ4v) is 5.47. The summed E-state index contributed by atoms with van der Waals surface area (Å²) in [4.78, 5) is 14.8. The third-order valence-corrected chi connectivity index (χ3v) is 7.85. The van der Waals surface area contributed by atoms with Gasteiger partial charge in [0, 0.05) is 50.1 Å². The van der Waals surface area contributed by atoms with Crippen LogP contribution < -0.4 is 14.2 Å². The van der Waals surface area contributed by atoms with Gasteiger partial charge in [-0.2, -0.15) is 0 Å². The molecular formula is C38H51NO8. The van der Waals surface area contributed by atoms with Crippen LogP contribution in [0.2, 0.25) is 0 Å². The van der Waals surface area contributed by atoms with Crippen molar-refractivity contribution < 1.29 is 38.0 Å². The molecule has 1 aliphatic rings. The fraction of sp³-hybridized carbons (Fsp3) is 0.500. The van der Waals surface area contributed by atoms with E-state index >= 15 is 0 Å². The third kappa shape index (κ3) is 11.8. The van der Waals surface area contributed by atoms with Crippen LogP contribution in [0.5, 0.6) is 17.2 Å². The second-order valence-electron chi connectivity index (χ2n) is 12.6. The lowest BCUT2D eigenvalue weighted by Crippen LogP contribution is -2.48. The number of benzene rings is 3. The number of likely N-dealkylation sites (tertiary alicyclic amines) is 1. The van der Waals surface area contributed by atoms with Gasteiger partial charge in [0.1, 0.15) is 22.8 Å². The van der Waals surface area contributed by atoms with E-state index < -0.39 is 5.60 Å². The van der Waals surface area contributed by atoms with Crippen LogP contribution in [0.4, 0.5) is 4.79 Å². The quantitative estimate of drug-likeness (QED) is 0.140. The van der Waals surface area contributed by atoms with E-state index in [0.29, 0.717) is 52.7 Å². The number of piperidine rings is 1. The normalized spacial score (nSPS) is 16.5. The summed E-state index contributed by atoms with van der Waals surface area (Å²) in [7, 11) is 3.35. The second-order valence-corrected chi connectivity index (χ2v) is 12.6. The summed E-state index contributed by atoms with van der Waals surface area (Å²) in [6.45, 7) is 9.89. The maximum Gasteiger partial charge on any atom is 0.410 e. The van der Waals surface area contributed by atoms with Crippen molar-refractivity contribution in [3.8, 4) is 17.2 Å². The molecule has 4 rings (SSSR count). The number of amides is 1. The summed E-state index contributed by atoms with van der Waals surface area (Å²) < 4.78 is 40.7. The van der Waals surface area contributed by atoms with E-state index in [4.69, 9.17) is 33.2 Å². The summed E-state index contributed by atoms with van der Waals surface area (Å²) in [5.74, 6) is 2.54. The Morgan fingerprint density at radius 3 is 2.15 bits per heavy atom. The van der Waals surface area contributed by atoms with Gasteiger partial charge in [-0.1, -0.05) is 48.5 Å². The molecule has 47 heavy (non-hydrogen) atoms. The van der Waals surface area contributed by atoms with E-state index in [9.17, 15) is 4.79 Å². The summed E-state index contributed by atoms with van der Waals surface area (Å²) in [6.07, 6.45) is 1.78. The predicted molar refractivity (Wildman–Crippen MR) is 181 cm³/mol. The Labute approximate surface area is 280 Å². The highest BCUT2D eigenvalue weighted by atomic mass is 16.6. The van der Waals surface area contributed by atoms with Crippen LogP contribution in [0.1, 0.15) is 62.6 Å². The van der Waals surface area contributed by atoms with Gasteiger partial charge in [0.15, 0.2) is 0 Å². The predicted octanol–water partition coefficient (Wildman–Crippen LogP) is 7.41. The minimum absolute atomic E-state index is 0.0981. The van der Waals surface area contributed by atoms with Crippen molar-refractivity contribution >= 4 is 6.09 Å². The number of hydrogen-bond donors (Lipinski definition) is 0. The zero-order chi connectivity index (χ0) is 33.5. The fourth-order valence-electron chi connectivity index (χ4n) is 5.47. The lowest BCUT2D eigenvalue weighted by atomic mass is 9.87. The van der Waals surface area contributed by atoms with Gasteiger partial charge in [0.25, 0.3) is 0 Å². The van der Waals surface area contributed by atoms with E-state index in [1.54, 1.807) is 19.1 Å². The molecule has 1 saturated heterocycles. The topological polar surface area (TPSA) is 84.9 Å². The average Bonchev–Trinajstić information content (AvgIpc) is 3.07. The molecule has 9 heteroatoms. The van der Waals surface area contributed by atoms with Crippen molar-refractivity contribution in [2.24, 2.45) is 0 Å². The molecule has 3 aromatic carbocycles. The summed E-state index contributed by atoms with van der Waals surface area (Å²) in [5, 5.41) is 0. The second kappa shape index (κ2) is 18.5. The molecule has 0 spiro atoms. The first-order valence-electron chi connectivity index (χ1n) is 16.5. The number of ether oxygens (including phenoxy) is 7. The van der Waals surface area contributed by atoms with Crippen molar-refractivity contribution in [2.45, 2.75) is 70.9 Å². The van der Waals surface area contributed by atoms with Gasteiger partial charge in [0.2, 0.25) is 0 Å². The molecule has 1 fully saturated rings. The molecule has 3 aromatic rings. The van der Waals surface area contributed by atoms with Crippen molar-refractivity contribution in [2.75, 3.05) is 53.7 Å². The van der Waals surface area contributed by atoms with Gasteiger partial charge < -0.3 is 38.1 Å². The van der Waals surface area contributed by atoms with Gasteiger partial charge in [-0.05, 0) is 57.0 Å². The third-order valence-electron chi connectivity index (χ3n) is 7.85. The van der Waals surface area contributed by atoms with Crippen molar-refractivity contribution in [3.63, 3.8) is 0 Å². The van der Waals surface area contributed by atoms with Gasteiger partial charge in [-0.25, -0.2) is 4.79 Å². The van der Waals surface area contributed by atoms with Gasteiger partial charge in [0.05, 0.1) is 52.8 Å². The zero-order valence-corrected chi connectivity index (χ0v) is 28.6. The number of carbonyl (C=O) groups excluding carboxylic acids is 1. The Hall–Kier alpha value is -3.79. The van der Waals surface area contributed by atoms with Crippen molar-refractivity contribution in [1.82, 2.24) is 4.90 Å². The molecule has 0 bridgehead atoms. The largest absolute Gasteiger partial charge is 0.496 e. The molecule has 0 radical (unpaired) electrons. The lowest BCUT2D eigenvalue weighted by Gasteiger charge is -2.39. The van der Waals surface area contributed by atoms with Crippen molar-refractivity contribution in [1.29, 1.82) is 0 Å². The van der Waals surface area contributed by atoms with E-state index in [1.165, 1.54) is 0 Å². The number of nitrogens with zero attached hydrogens (tertiary/aromatic N) is 1. The van der Waals surface area contributed by atoms with Crippen LogP contribution >= 0.6 is 0 Å². The van der Waals surface area contributed by atoms with Gasteiger partial charge in [-0.15, -0.1) is 0 Å². The van der Waals surface area contributed by atoms with E-state index in [0.717, 1.165) is 53.2 Å². The maximum atomic E-state index is 13.0. The average molecular weight is 650 g/mol. The Morgan fingerprint density at radius 2 is 1.45 bits per heavy atom. The maximum absolute atomic E-state index is 13.0. The highest BCUT2D eigenvalue weighted by Gasteiger charge is 2.35. The van der Waals surface area contributed by atoms with Crippen LogP contribution in [0.3, 0.4) is 0 Å². The van der Waals surface area contributed by atoms with Crippen molar-refractivity contribution in [3.05, 3.63) is 89.5 Å². The van der Waals surface area contributed by atoms with Crippen LogP contribution in [0, 0.1) is 0 Å². The molecule has 0 saturated carbocycles. The zero-order valence-electron chi connectivity index (χ0n) is 28.6. The molecule has 9 nitrogen and oxygen atoms in total. The first kappa shape index (κ1) is 36.1. The monoisotopic (exact) mass is 649 g/mol. The highest BCUT2D eigenvalue weighted by Crippen LogP contribution is 2.33. The van der Waals surface area contributed by atoms with Crippen LogP contribution in [0.15, 0.2) is 72.8 Å². The molecule has 0 aliphatic carbocycles. The van der Waals surface area contributed by atoms with Gasteiger partial charge in [-0.3, -0.25) is 0 Å². The standard InChI is InChI=1S/C38H51NO8/c1-38(2,3)47-37(40)39-21-20-33(36(26-39)46-28-31-13-7-9-15-35(31)45-25-10-22-41-4)29-16-18-32(19-17-29)44-24-11-23-43-27-30-12-6-8-14-34(30)42-5/h6-9,12-19,33,36H,10-11,20-28H2,1-5H3. The highest BCUT2D eigenvalue weighted by molar-refractivity contribution is 5.68. The Bertz CT molecular complexity index is 1360. The molecular weight excluding hydrogens is 598 g/mol. The van der Waals surface area contributed by atoms with E-state index in [1.807, 2.05) is 81.4 Å². The van der Waals surface area contributed by atoms with Crippen LogP contribution in [-0.4, -0.2) is 76.4 Å². The molecule has 0 aromatic heterocycles. The summed E-state index contributed by atoms with van der Waals surface area (Å²) in [6, 6.07) is 24.0. The Morgan fingerprint density at radius 1 is 0.787 bits per heavy atom. The first-order chi connectivity index (χ1) is 22.8. The number of rotatable bonds is 17. The number of carbonyl (C=O) groups is 1. The number of hydrogen-bond acceptors (Lipinski definition) is 8. The molecule has 1 aliphatic heterocycles. The molecule has 256 valence electrons. The number of methoxy groups -OCH3 is 2. The molecule has 1 heterocycles. The molecule has 2 atom stereocenters. The van der Waals surface area contributed by atoms with Crippen LogP contribution in [0.25, 0.3) is 0 Å². The van der Waals surface area contributed by atoms with Crippen LogP contribution in [-0.2, 0) is 32.2 Å². The minimum atomic E-state index is -0.569. The molecule has 0 N–H and O–H groups in total.